The van der Waals surface area contributed by atoms with Crippen LogP contribution in [0.5, 0.6) is 0 Å². The molecule has 4 heteroatoms. The van der Waals surface area contributed by atoms with Crippen molar-refractivity contribution >= 4 is 32.4 Å². The Bertz CT molecular complexity index is 123. The van der Waals surface area contributed by atoms with Crippen LogP contribution in [0, 0.1) is 0 Å². The van der Waals surface area contributed by atoms with Crippen molar-refractivity contribution in [2.24, 2.45) is 0 Å². The molecule has 0 radical (unpaired) electrons. The summed E-state index contributed by atoms with van der Waals surface area (Å²) in [5, 5.41) is 0. The molecule has 1 unspecified atom stereocenters. The summed E-state index contributed by atoms with van der Waals surface area (Å²) in [4.78, 5) is 0. The van der Waals surface area contributed by atoms with Crippen molar-refractivity contribution in [1.29, 1.82) is 0 Å². The van der Waals surface area contributed by atoms with E-state index in [0.717, 1.165) is 5.75 Å². The zero-order valence-corrected chi connectivity index (χ0v) is 8.65. The summed E-state index contributed by atoms with van der Waals surface area (Å²) in [7, 11) is 2.87. The molecular weight excluding hydrogens is 196 g/mol. The molecule has 0 heterocycles. The number of hydrogen-bond acceptors (Lipinski definition) is 3. The third-order valence-electron chi connectivity index (χ3n) is 0.780. The molecule has 0 saturated heterocycles. The third-order valence-corrected chi connectivity index (χ3v) is 3.12. The van der Waals surface area contributed by atoms with Gasteiger partial charge < -0.3 is 0 Å². The largest absolute Gasteiger partial charge is 0.260 e. The predicted octanol–water partition coefficient (Wildman–Crippen LogP) is 2.57. The first-order valence-electron chi connectivity index (χ1n) is 2.88. The summed E-state index contributed by atoms with van der Waals surface area (Å²) in [6.45, 7) is 0. The highest BCUT2D eigenvalue weighted by atomic mass is 33.1. The lowest BCUT2D eigenvalue weighted by Gasteiger charge is -1.87. The van der Waals surface area contributed by atoms with Crippen LogP contribution < -0.4 is 0 Å². The van der Waals surface area contributed by atoms with Crippen LogP contribution in [0.1, 0.15) is 7.43 Å². The molecule has 0 spiro atoms. The van der Waals surface area contributed by atoms with Gasteiger partial charge in [-0.05, 0) is 6.26 Å². The summed E-state index contributed by atoms with van der Waals surface area (Å²) in [5.41, 5.74) is 0. The third kappa shape index (κ3) is 13.6. The van der Waals surface area contributed by atoms with Gasteiger partial charge in [0.05, 0.1) is 0 Å². The van der Waals surface area contributed by atoms with E-state index in [1.54, 1.807) is 27.8 Å². The van der Waals surface area contributed by atoms with Gasteiger partial charge in [0.25, 0.3) is 0 Å². The van der Waals surface area contributed by atoms with E-state index in [9.17, 15) is 4.21 Å². The van der Waals surface area contributed by atoms with E-state index in [4.69, 9.17) is 0 Å². The summed E-state index contributed by atoms with van der Waals surface area (Å²) >= 11 is 0. The van der Waals surface area contributed by atoms with E-state index in [2.05, 4.69) is 12.3 Å². The van der Waals surface area contributed by atoms with Crippen LogP contribution in [-0.4, -0.2) is 28.2 Å². The van der Waals surface area contributed by atoms with Crippen LogP contribution in [0.25, 0.3) is 0 Å². The fourth-order valence-electron chi connectivity index (χ4n) is 0.379. The van der Waals surface area contributed by atoms with Crippen molar-refractivity contribution in [2.45, 2.75) is 7.43 Å². The normalized spacial score (nSPS) is 12.9. The van der Waals surface area contributed by atoms with Gasteiger partial charge in [-0.15, -0.1) is 0 Å². The molecule has 1 atom stereocenters. The molecule has 0 fully saturated rings. The molecule has 68 valence electrons. The van der Waals surface area contributed by atoms with Crippen molar-refractivity contribution in [3.8, 4) is 0 Å². The van der Waals surface area contributed by atoms with Gasteiger partial charge in [0.1, 0.15) is 0 Å². The average molecular weight is 212 g/mol. The minimum absolute atomic E-state index is 0. The SMILES string of the molecule is C.CSSCC=CCS(C)=O. The van der Waals surface area contributed by atoms with Crippen LogP contribution in [0.4, 0.5) is 0 Å². The lowest BCUT2D eigenvalue weighted by atomic mass is 10.6. The minimum Gasteiger partial charge on any atom is -0.260 e. The fourth-order valence-corrected chi connectivity index (χ4v) is 1.78. The quantitative estimate of drug-likeness (QED) is 0.396. The van der Waals surface area contributed by atoms with Gasteiger partial charge in [-0.2, -0.15) is 0 Å². The van der Waals surface area contributed by atoms with Crippen molar-refractivity contribution in [3.63, 3.8) is 0 Å². The highest BCUT2D eigenvalue weighted by molar-refractivity contribution is 8.76. The first kappa shape index (κ1) is 14.1. The molecule has 0 rings (SSSR count). The van der Waals surface area contributed by atoms with Gasteiger partial charge in [0.15, 0.2) is 0 Å². The average Bonchev–Trinajstić information content (AvgIpc) is 1.87. The zero-order chi connectivity index (χ0) is 7.82. The van der Waals surface area contributed by atoms with E-state index >= 15 is 0 Å². The minimum atomic E-state index is -0.674. The first-order chi connectivity index (χ1) is 4.77. The van der Waals surface area contributed by atoms with E-state index in [1.165, 1.54) is 0 Å². The summed E-state index contributed by atoms with van der Waals surface area (Å²) < 4.78 is 10.5. The zero-order valence-electron chi connectivity index (χ0n) is 6.20. The molecule has 0 aromatic carbocycles. The van der Waals surface area contributed by atoms with Crippen molar-refractivity contribution in [3.05, 3.63) is 12.2 Å². The van der Waals surface area contributed by atoms with Gasteiger partial charge >= 0.3 is 0 Å². The molecule has 0 aromatic rings. The topological polar surface area (TPSA) is 17.1 Å². The Morgan fingerprint density at radius 3 is 2.55 bits per heavy atom. The van der Waals surface area contributed by atoms with Crippen LogP contribution >= 0.6 is 21.6 Å². The van der Waals surface area contributed by atoms with Gasteiger partial charge in [0, 0.05) is 28.6 Å². The first-order valence-corrected chi connectivity index (χ1v) is 7.33. The van der Waals surface area contributed by atoms with Crippen LogP contribution in [0.2, 0.25) is 0 Å². The molecule has 0 aliphatic heterocycles. The van der Waals surface area contributed by atoms with E-state index < -0.39 is 10.8 Å². The Balaban J connectivity index is 0. The Morgan fingerprint density at radius 2 is 2.09 bits per heavy atom. The Kier molecular flexibility index (Phi) is 13.6. The summed E-state index contributed by atoms with van der Waals surface area (Å²) in [6.07, 6.45) is 7.80. The second-order valence-electron chi connectivity index (χ2n) is 1.66. The van der Waals surface area contributed by atoms with Crippen LogP contribution in [0.3, 0.4) is 0 Å². The Hall–Kier alpha value is 0.590. The molecule has 11 heavy (non-hydrogen) atoms. The van der Waals surface area contributed by atoms with Gasteiger partial charge in [-0.25, -0.2) is 0 Å². The Morgan fingerprint density at radius 1 is 1.45 bits per heavy atom. The molecule has 0 bridgehead atoms. The smallest absolute Gasteiger partial charge is 0.0412 e. The molecule has 0 amide bonds. The molecular formula is C7H16OS3. The summed E-state index contributed by atoms with van der Waals surface area (Å²) in [5.74, 6) is 1.70. The molecule has 1 nitrogen and oxygen atoms in total. The van der Waals surface area contributed by atoms with Crippen molar-refractivity contribution in [2.75, 3.05) is 24.0 Å². The van der Waals surface area contributed by atoms with Crippen LogP contribution in [-0.2, 0) is 10.8 Å². The highest BCUT2D eigenvalue weighted by Crippen LogP contribution is 2.15. The van der Waals surface area contributed by atoms with E-state index in [-0.39, 0.29) is 7.43 Å². The summed E-state index contributed by atoms with van der Waals surface area (Å²) in [6, 6.07) is 0. The predicted molar refractivity (Wildman–Crippen MR) is 60.8 cm³/mol. The molecule has 0 aliphatic rings. The molecule has 0 saturated carbocycles. The second kappa shape index (κ2) is 10.6. The van der Waals surface area contributed by atoms with Crippen molar-refractivity contribution in [1.82, 2.24) is 0 Å². The van der Waals surface area contributed by atoms with Crippen molar-refractivity contribution < 1.29 is 4.21 Å². The van der Waals surface area contributed by atoms with Crippen LogP contribution in [0.15, 0.2) is 12.2 Å². The lowest BCUT2D eigenvalue weighted by Crippen LogP contribution is -1.88. The molecule has 0 N–H and O–H groups in total. The lowest BCUT2D eigenvalue weighted by molar-refractivity contribution is 0.688. The van der Waals surface area contributed by atoms with Gasteiger partial charge in [-0.1, -0.05) is 41.2 Å². The fraction of sp³-hybridized carbons (Fsp3) is 0.714. The number of hydrogen-bond donors (Lipinski definition) is 0. The van der Waals surface area contributed by atoms with E-state index in [0.29, 0.717) is 5.75 Å². The maximum absolute atomic E-state index is 10.5. The second-order valence-corrected chi connectivity index (χ2v) is 5.75. The Labute approximate surface area is 80.3 Å². The maximum atomic E-state index is 10.5. The van der Waals surface area contributed by atoms with Gasteiger partial charge in [0.2, 0.25) is 0 Å². The van der Waals surface area contributed by atoms with E-state index in [1.807, 2.05) is 6.08 Å². The highest BCUT2D eigenvalue weighted by Gasteiger charge is 1.82. The molecule has 0 aromatic heterocycles. The maximum Gasteiger partial charge on any atom is 0.0412 e. The standard InChI is InChI=1S/C6H12OS3.CH4/c1-8-9-5-3-4-6-10(2)7;/h3-4H,5-6H2,1-2H3;1H4. The monoisotopic (exact) mass is 212 g/mol. The van der Waals surface area contributed by atoms with Gasteiger partial charge in [-0.3, -0.25) is 4.21 Å². The number of rotatable bonds is 5. The molecule has 0 aliphatic carbocycles.